The number of aromatic nitrogens is 3. The van der Waals surface area contributed by atoms with E-state index in [4.69, 9.17) is 0 Å². The highest BCUT2D eigenvalue weighted by atomic mass is 32.2. The third-order valence-electron chi connectivity index (χ3n) is 5.01. The minimum atomic E-state index is -0.0477. The Kier molecular flexibility index (Phi) is 6.56. The third-order valence-corrected chi connectivity index (χ3v) is 5.89. The molecule has 7 nitrogen and oxygen atoms in total. The van der Waals surface area contributed by atoms with Crippen molar-refractivity contribution in [2.24, 2.45) is 0 Å². The number of hydrogen-bond donors (Lipinski definition) is 1. The Balaban J connectivity index is 1.30. The number of hydrogen-bond acceptors (Lipinski definition) is 6. The van der Waals surface area contributed by atoms with Gasteiger partial charge in [0.25, 0.3) is 0 Å². The van der Waals surface area contributed by atoms with E-state index < -0.39 is 0 Å². The van der Waals surface area contributed by atoms with E-state index in [-0.39, 0.29) is 6.03 Å². The topological polar surface area (TPSA) is 74.2 Å². The van der Waals surface area contributed by atoms with Gasteiger partial charge in [-0.1, -0.05) is 0 Å². The molecular weight excluding hydrogens is 396 g/mol. The molecule has 4 rings (SSSR count). The van der Waals surface area contributed by atoms with Gasteiger partial charge >= 0.3 is 6.03 Å². The highest BCUT2D eigenvalue weighted by Crippen LogP contribution is 2.28. The predicted molar refractivity (Wildman–Crippen MR) is 117 cm³/mol. The molecule has 0 spiro atoms. The first-order valence-corrected chi connectivity index (χ1v) is 10.7. The van der Waals surface area contributed by atoms with Crippen molar-refractivity contribution in [1.82, 2.24) is 24.8 Å². The number of pyridine rings is 1. The summed E-state index contributed by atoms with van der Waals surface area (Å²) in [5, 5.41) is 3.76. The molecule has 0 saturated carbocycles. The van der Waals surface area contributed by atoms with Crippen LogP contribution in [-0.4, -0.2) is 57.0 Å². The molecule has 30 heavy (non-hydrogen) atoms. The van der Waals surface area contributed by atoms with Crippen LogP contribution in [0.3, 0.4) is 0 Å². The fourth-order valence-electron chi connectivity index (χ4n) is 3.33. The second-order valence-corrected chi connectivity index (χ2v) is 8.20. The van der Waals surface area contributed by atoms with E-state index in [1.165, 1.54) is 17.3 Å². The van der Waals surface area contributed by atoms with Gasteiger partial charge in [0.05, 0.1) is 0 Å². The Morgan fingerprint density at radius 2 is 1.77 bits per heavy atom. The average Bonchev–Trinajstić information content (AvgIpc) is 2.77. The standard InChI is InChI=1S/C22H24N6OS/c1-17-15-19(30-21-24-7-2-8-25-21)3-4-20(17)26-22(29)28-13-11-27(12-14-28)16-18-5-9-23-10-6-18/h2-10,15H,11-14,16H2,1H3,(H,26,29). The van der Waals surface area contributed by atoms with Gasteiger partial charge in [0.1, 0.15) is 0 Å². The van der Waals surface area contributed by atoms with Crippen LogP contribution in [0.2, 0.25) is 0 Å². The van der Waals surface area contributed by atoms with Crippen LogP contribution in [0.15, 0.2) is 71.2 Å². The second-order valence-electron chi connectivity index (χ2n) is 7.16. The molecule has 1 saturated heterocycles. The summed E-state index contributed by atoms with van der Waals surface area (Å²) in [6, 6.07) is 11.8. The van der Waals surface area contributed by atoms with E-state index in [0.717, 1.165) is 48.9 Å². The second kappa shape index (κ2) is 9.69. The molecule has 1 N–H and O–H groups in total. The van der Waals surface area contributed by atoms with Crippen molar-refractivity contribution in [3.8, 4) is 0 Å². The number of benzene rings is 1. The molecule has 154 valence electrons. The van der Waals surface area contributed by atoms with Crippen molar-refractivity contribution >= 4 is 23.5 Å². The largest absolute Gasteiger partial charge is 0.322 e. The minimum absolute atomic E-state index is 0.0477. The average molecular weight is 421 g/mol. The molecule has 2 amide bonds. The zero-order valence-electron chi connectivity index (χ0n) is 16.9. The predicted octanol–water partition coefficient (Wildman–Crippen LogP) is 3.68. The normalized spacial score (nSPS) is 14.5. The van der Waals surface area contributed by atoms with Crippen molar-refractivity contribution in [2.45, 2.75) is 23.5 Å². The number of nitrogens with one attached hydrogen (secondary N) is 1. The van der Waals surface area contributed by atoms with Crippen molar-refractivity contribution < 1.29 is 4.79 Å². The van der Waals surface area contributed by atoms with Gasteiger partial charge in [0.2, 0.25) is 0 Å². The van der Waals surface area contributed by atoms with Crippen molar-refractivity contribution in [3.63, 3.8) is 0 Å². The van der Waals surface area contributed by atoms with Crippen LogP contribution in [0.1, 0.15) is 11.1 Å². The fraction of sp³-hybridized carbons (Fsp3) is 0.273. The van der Waals surface area contributed by atoms with E-state index in [9.17, 15) is 4.79 Å². The molecule has 1 aliphatic heterocycles. The summed E-state index contributed by atoms with van der Waals surface area (Å²) in [6.45, 7) is 6.05. The number of nitrogens with zero attached hydrogens (tertiary/aromatic N) is 5. The van der Waals surface area contributed by atoms with Crippen molar-refractivity contribution in [3.05, 3.63) is 72.3 Å². The fourth-order valence-corrected chi connectivity index (χ4v) is 4.14. The molecule has 0 radical (unpaired) electrons. The first kappa shape index (κ1) is 20.3. The summed E-state index contributed by atoms with van der Waals surface area (Å²) in [5.41, 5.74) is 3.09. The van der Waals surface area contributed by atoms with Gasteiger partial charge < -0.3 is 10.2 Å². The summed E-state index contributed by atoms with van der Waals surface area (Å²) in [6.07, 6.45) is 7.09. The lowest BCUT2D eigenvalue weighted by molar-refractivity contribution is 0.143. The Labute approximate surface area is 180 Å². The molecular formula is C22H24N6OS. The first-order chi connectivity index (χ1) is 14.7. The number of aryl methyl sites for hydroxylation is 1. The molecule has 8 heteroatoms. The van der Waals surface area contributed by atoms with E-state index in [2.05, 4.69) is 25.2 Å². The first-order valence-electron chi connectivity index (χ1n) is 9.90. The summed E-state index contributed by atoms with van der Waals surface area (Å²) in [7, 11) is 0. The van der Waals surface area contributed by atoms with E-state index in [1.807, 2.05) is 54.5 Å². The molecule has 3 heterocycles. The van der Waals surface area contributed by atoms with Crippen LogP contribution in [0.5, 0.6) is 0 Å². The summed E-state index contributed by atoms with van der Waals surface area (Å²) >= 11 is 1.50. The maximum atomic E-state index is 12.7. The van der Waals surface area contributed by atoms with Gasteiger partial charge in [-0.15, -0.1) is 0 Å². The Morgan fingerprint density at radius 1 is 1.03 bits per heavy atom. The van der Waals surface area contributed by atoms with Crippen LogP contribution < -0.4 is 5.32 Å². The molecule has 1 aromatic carbocycles. The zero-order valence-corrected chi connectivity index (χ0v) is 17.7. The lowest BCUT2D eigenvalue weighted by Gasteiger charge is -2.34. The number of carbonyl (C=O) groups is 1. The zero-order chi connectivity index (χ0) is 20.8. The van der Waals surface area contributed by atoms with Crippen molar-refractivity contribution in [2.75, 3.05) is 31.5 Å². The van der Waals surface area contributed by atoms with Crippen molar-refractivity contribution in [1.29, 1.82) is 0 Å². The quantitative estimate of drug-likeness (QED) is 0.635. The van der Waals surface area contributed by atoms with Crippen LogP contribution in [0, 0.1) is 6.92 Å². The molecule has 1 fully saturated rings. The van der Waals surface area contributed by atoms with E-state index in [1.54, 1.807) is 18.5 Å². The third kappa shape index (κ3) is 5.34. The molecule has 1 aliphatic rings. The van der Waals surface area contributed by atoms with Crippen LogP contribution in [0.25, 0.3) is 0 Å². The minimum Gasteiger partial charge on any atom is -0.322 e. The SMILES string of the molecule is Cc1cc(Sc2ncccn2)ccc1NC(=O)N1CCN(Cc2ccncc2)CC1. The maximum Gasteiger partial charge on any atom is 0.321 e. The monoisotopic (exact) mass is 420 g/mol. The van der Waals surface area contributed by atoms with Gasteiger partial charge in [0.15, 0.2) is 5.16 Å². The van der Waals surface area contributed by atoms with Crippen LogP contribution in [0.4, 0.5) is 10.5 Å². The lowest BCUT2D eigenvalue weighted by Crippen LogP contribution is -2.49. The van der Waals surface area contributed by atoms with Gasteiger partial charge in [-0.25, -0.2) is 14.8 Å². The highest BCUT2D eigenvalue weighted by molar-refractivity contribution is 7.99. The molecule has 0 bridgehead atoms. The van der Waals surface area contributed by atoms with Gasteiger partial charge in [-0.2, -0.15) is 0 Å². The number of anilines is 1. The molecule has 0 aliphatic carbocycles. The Bertz CT molecular complexity index is 977. The molecule has 0 unspecified atom stereocenters. The number of carbonyl (C=O) groups excluding carboxylic acids is 1. The lowest BCUT2D eigenvalue weighted by atomic mass is 10.2. The van der Waals surface area contributed by atoms with Gasteiger partial charge in [-0.05, 0) is 66.2 Å². The van der Waals surface area contributed by atoms with Crippen LogP contribution in [-0.2, 0) is 6.54 Å². The molecule has 2 aromatic heterocycles. The number of urea groups is 1. The number of rotatable bonds is 5. The van der Waals surface area contributed by atoms with Gasteiger partial charge in [0, 0.05) is 68.1 Å². The smallest absolute Gasteiger partial charge is 0.321 e. The van der Waals surface area contributed by atoms with E-state index >= 15 is 0 Å². The summed E-state index contributed by atoms with van der Waals surface area (Å²) < 4.78 is 0. The Hall–Kier alpha value is -2.97. The summed E-state index contributed by atoms with van der Waals surface area (Å²) in [4.78, 5) is 30.5. The Morgan fingerprint density at radius 3 is 2.47 bits per heavy atom. The maximum absolute atomic E-state index is 12.7. The number of amides is 2. The van der Waals surface area contributed by atoms with Crippen LogP contribution >= 0.6 is 11.8 Å². The summed E-state index contributed by atoms with van der Waals surface area (Å²) in [5.74, 6) is 0. The molecule has 0 atom stereocenters. The van der Waals surface area contributed by atoms with Gasteiger partial charge in [-0.3, -0.25) is 9.88 Å². The highest BCUT2D eigenvalue weighted by Gasteiger charge is 2.21. The number of piperazine rings is 1. The van der Waals surface area contributed by atoms with E-state index in [0.29, 0.717) is 5.16 Å². The molecule has 3 aromatic rings.